The summed E-state index contributed by atoms with van der Waals surface area (Å²) < 4.78 is 4.99. The fraction of sp³-hybridized carbons (Fsp3) is 0.0870. The summed E-state index contributed by atoms with van der Waals surface area (Å²) in [7, 11) is 0. The van der Waals surface area contributed by atoms with Crippen LogP contribution < -0.4 is 31.1 Å². The Hall–Kier alpha value is -11.9. The van der Waals surface area contributed by atoms with Gasteiger partial charge in [0.1, 0.15) is 0 Å². The first-order valence-electron chi connectivity index (χ1n) is 34.3. The molecule has 2 aliphatic heterocycles. The number of hydrogen-bond acceptors (Lipinski definition) is 3. The summed E-state index contributed by atoms with van der Waals surface area (Å²) in [6.45, 7) is 13.9. The molecule has 0 saturated heterocycles. The first-order chi connectivity index (χ1) is 47.9. The maximum Gasteiger partial charge on any atom is 0.252 e. The SMILES string of the molecule is CC(C)(C)c1ccc(N2c3cc(-n4c5ccccc5c5cc(N(c6ccccc6)c6ccccc6)ccc54)ccc3B3c4ccc(-n5c6ccccc6c6ccccc65)cc4N(c4cc(-c5ccccc5)cc(-c5ccccc5)c4)c4cc(C(C)(C)C)cc2c43)c(-c2ccccc2)c1. The van der Waals surface area contributed by atoms with Crippen LogP contribution in [0.15, 0.2) is 328 Å². The van der Waals surface area contributed by atoms with E-state index in [9.17, 15) is 0 Å². The largest absolute Gasteiger partial charge is 0.311 e. The van der Waals surface area contributed by atoms with Crippen LogP contribution in [-0.4, -0.2) is 15.8 Å². The molecule has 0 aliphatic carbocycles. The minimum absolute atomic E-state index is 0.115. The van der Waals surface area contributed by atoms with Gasteiger partial charge in [-0.2, -0.15) is 0 Å². The number of aromatic nitrogens is 2. The van der Waals surface area contributed by atoms with Gasteiger partial charge in [0, 0.05) is 84.0 Å². The van der Waals surface area contributed by atoms with Crippen molar-refractivity contribution >= 4 is 118 Å². The molecule has 0 fully saturated rings. The average molecular weight is 1260 g/mol. The molecule has 0 amide bonds. The predicted molar refractivity (Wildman–Crippen MR) is 418 cm³/mol. The van der Waals surface area contributed by atoms with E-state index in [0.29, 0.717) is 0 Å². The van der Waals surface area contributed by atoms with E-state index in [0.717, 1.165) is 73.3 Å². The van der Waals surface area contributed by atoms with Gasteiger partial charge in [-0.15, -0.1) is 0 Å². The van der Waals surface area contributed by atoms with Gasteiger partial charge < -0.3 is 23.8 Å². The van der Waals surface area contributed by atoms with Crippen LogP contribution in [0.1, 0.15) is 52.7 Å². The second kappa shape index (κ2) is 22.9. The molecule has 0 radical (unpaired) electrons. The Bertz CT molecular complexity index is 5630. The van der Waals surface area contributed by atoms with Gasteiger partial charge in [0.2, 0.25) is 0 Å². The van der Waals surface area contributed by atoms with Gasteiger partial charge in [0.15, 0.2) is 0 Å². The van der Waals surface area contributed by atoms with Crippen LogP contribution in [0.25, 0.3) is 88.4 Å². The Morgan fingerprint density at radius 2 is 0.694 bits per heavy atom. The van der Waals surface area contributed by atoms with Crippen molar-refractivity contribution in [3.8, 4) is 44.8 Å². The minimum Gasteiger partial charge on any atom is -0.311 e. The molecule has 18 rings (SSSR count). The van der Waals surface area contributed by atoms with Crippen molar-refractivity contribution in [1.29, 1.82) is 0 Å². The molecule has 468 valence electrons. The van der Waals surface area contributed by atoms with Gasteiger partial charge in [0.05, 0.1) is 27.8 Å². The Morgan fingerprint density at radius 3 is 1.19 bits per heavy atom. The smallest absolute Gasteiger partial charge is 0.252 e. The summed E-state index contributed by atoms with van der Waals surface area (Å²) >= 11 is 0. The lowest BCUT2D eigenvalue weighted by atomic mass is 9.33. The zero-order valence-corrected chi connectivity index (χ0v) is 56.0. The van der Waals surface area contributed by atoms with Crippen LogP contribution in [0.5, 0.6) is 0 Å². The van der Waals surface area contributed by atoms with Crippen molar-refractivity contribution < 1.29 is 0 Å². The van der Waals surface area contributed by atoms with Crippen molar-refractivity contribution in [2.75, 3.05) is 14.7 Å². The molecule has 2 aromatic heterocycles. The molecule has 2 aliphatic rings. The van der Waals surface area contributed by atoms with Crippen molar-refractivity contribution in [3.05, 3.63) is 339 Å². The standard InChI is InChI=1S/C92H72BN5/c1-91(2,3)66-44-50-84(77(55-66)63-32-16-9-17-33-63)98-87-60-72(96-83-43-27-24-40-76(83)78-58-70(47-51-85(78)96)94(68-34-18-10-19-35-68)69-36-20-11-21-37-69)46-49-80(87)93-79-48-45-71(95-81-41-25-22-38-74(81)75-39-23-26-42-82(75)95)59-86(79)97(88-56-67(92(4,5)6)57-89(98)90(88)93)73-53-64(61-28-12-7-13-29-61)52-65(54-73)62-30-14-8-15-31-62/h7-60H,1-6H3. The third-order valence-corrected chi connectivity index (χ3v) is 20.5. The van der Waals surface area contributed by atoms with E-state index < -0.39 is 0 Å². The number of rotatable bonds is 10. The maximum atomic E-state index is 2.66. The molecule has 98 heavy (non-hydrogen) atoms. The van der Waals surface area contributed by atoms with Crippen LogP contribution >= 0.6 is 0 Å². The lowest BCUT2D eigenvalue weighted by Gasteiger charge is -2.45. The molecule has 4 heterocycles. The number of hydrogen-bond donors (Lipinski definition) is 0. The van der Waals surface area contributed by atoms with Crippen molar-refractivity contribution in [1.82, 2.24) is 9.13 Å². The van der Waals surface area contributed by atoms with Gasteiger partial charge in [-0.1, -0.05) is 242 Å². The number of fused-ring (bicyclic) bond motifs is 10. The summed E-state index contributed by atoms with van der Waals surface area (Å²) in [5.41, 5.74) is 29.8. The zero-order chi connectivity index (χ0) is 66.0. The van der Waals surface area contributed by atoms with E-state index in [4.69, 9.17) is 0 Å². The third kappa shape index (κ3) is 9.68. The van der Waals surface area contributed by atoms with Crippen LogP contribution in [0.2, 0.25) is 0 Å². The maximum absolute atomic E-state index is 2.66. The lowest BCUT2D eigenvalue weighted by molar-refractivity contribution is 0.590. The zero-order valence-electron chi connectivity index (χ0n) is 56.0. The quantitative estimate of drug-likeness (QED) is 0.127. The highest BCUT2D eigenvalue weighted by atomic mass is 15.2. The van der Waals surface area contributed by atoms with Crippen LogP contribution in [0, 0.1) is 0 Å². The number of nitrogens with zero attached hydrogens (tertiary/aromatic N) is 5. The van der Waals surface area contributed by atoms with Crippen LogP contribution in [-0.2, 0) is 10.8 Å². The van der Waals surface area contributed by atoms with Crippen LogP contribution in [0.4, 0.5) is 51.2 Å². The Balaban J connectivity index is 0.943. The lowest BCUT2D eigenvalue weighted by Crippen LogP contribution is -2.61. The molecule has 5 nitrogen and oxygen atoms in total. The van der Waals surface area contributed by atoms with Gasteiger partial charge >= 0.3 is 0 Å². The van der Waals surface area contributed by atoms with Gasteiger partial charge in [-0.25, -0.2) is 0 Å². The molecular formula is C92H72BN5. The molecule has 0 atom stereocenters. The molecule has 0 N–H and O–H groups in total. The summed E-state index contributed by atoms with van der Waals surface area (Å²) in [5.74, 6) is 0. The number of anilines is 9. The van der Waals surface area contributed by atoms with Crippen LogP contribution in [0.3, 0.4) is 0 Å². The predicted octanol–water partition coefficient (Wildman–Crippen LogP) is 23.0. The average Bonchev–Trinajstić information content (AvgIpc) is 0.893. The summed E-state index contributed by atoms with van der Waals surface area (Å²) in [4.78, 5) is 7.66. The summed E-state index contributed by atoms with van der Waals surface area (Å²) in [6, 6.07) is 123. The second-order valence-electron chi connectivity index (χ2n) is 28.5. The first-order valence-corrected chi connectivity index (χ1v) is 34.3. The molecule has 0 saturated carbocycles. The number of benzene rings is 14. The molecule has 14 aromatic carbocycles. The van der Waals surface area contributed by atoms with E-state index in [1.165, 1.54) is 93.7 Å². The van der Waals surface area contributed by atoms with E-state index in [-0.39, 0.29) is 17.5 Å². The Kier molecular flexibility index (Phi) is 13.7. The monoisotopic (exact) mass is 1260 g/mol. The highest BCUT2D eigenvalue weighted by Crippen LogP contribution is 2.51. The first kappa shape index (κ1) is 58.7. The molecule has 16 aromatic rings. The highest BCUT2D eigenvalue weighted by molar-refractivity contribution is 7.00. The van der Waals surface area contributed by atoms with E-state index in [2.05, 4.69) is 393 Å². The Morgan fingerprint density at radius 1 is 0.265 bits per heavy atom. The summed E-state index contributed by atoms with van der Waals surface area (Å²) in [6.07, 6.45) is 0. The number of para-hydroxylation sites is 5. The molecule has 0 spiro atoms. The topological polar surface area (TPSA) is 19.6 Å². The van der Waals surface area contributed by atoms with Gasteiger partial charge in [-0.05, 0) is 194 Å². The van der Waals surface area contributed by atoms with Crippen molar-refractivity contribution in [3.63, 3.8) is 0 Å². The molecular weight excluding hydrogens is 1190 g/mol. The molecule has 6 heteroatoms. The molecule has 0 bridgehead atoms. The summed E-state index contributed by atoms with van der Waals surface area (Å²) in [5, 5.41) is 4.85. The minimum atomic E-state index is -0.274. The van der Waals surface area contributed by atoms with E-state index >= 15 is 0 Å². The third-order valence-electron chi connectivity index (χ3n) is 20.5. The van der Waals surface area contributed by atoms with Gasteiger partial charge in [-0.3, -0.25) is 0 Å². The van der Waals surface area contributed by atoms with Gasteiger partial charge in [0.25, 0.3) is 6.71 Å². The normalized spacial score (nSPS) is 12.7. The second-order valence-corrected chi connectivity index (χ2v) is 28.5. The highest BCUT2D eigenvalue weighted by Gasteiger charge is 2.45. The van der Waals surface area contributed by atoms with E-state index in [1.807, 2.05) is 0 Å². The fourth-order valence-corrected chi connectivity index (χ4v) is 15.8. The van der Waals surface area contributed by atoms with Crippen molar-refractivity contribution in [2.24, 2.45) is 0 Å². The van der Waals surface area contributed by atoms with Crippen molar-refractivity contribution in [2.45, 2.75) is 52.4 Å². The van der Waals surface area contributed by atoms with E-state index in [1.54, 1.807) is 0 Å². The molecule has 0 unspecified atom stereocenters. The fourth-order valence-electron chi connectivity index (χ4n) is 15.8. The Labute approximate surface area is 574 Å².